The van der Waals surface area contributed by atoms with Gasteiger partial charge >= 0.3 is 6.03 Å². The highest BCUT2D eigenvalue weighted by Gasteiger charge is 2.27. The third kappa shape index (κ3) is 2.26. The quantitative estimate of drug-likeness (QED) is 0.721. The van der Waals surface area contributed by atoms with Crippen LogP contribution in [0.1, 0.15) is 30.4 Å². The lowest BCUT2D eigenvalue weighted by atomic mass is 10.1. The summed E-state index contributed by atoms with van der Waals surface area (Å²) in [6.45, 7) is 3.37. The van der Waals surface area contributed by atoms with Crippen LogP contribution in [0, 0.1) is 0 Å². The maximum absolute atomic E-state index is 12.4. The molecular formula is C14H17BrN2O. The minimum atomic E-state index is 0.210. The summed E-state index contributed by atoms with van der Waals surface area (Å²) in [5, 5.41) is 0. The highest BCUT2D eigenvalue weighted by molar-refractivity contribution is 9.10. The van der Waals surface area contributed by atoms with Crippen LogP contribution in [0.3, 0.4) is 0 Å². The molecule has 2 heterocycles. The Balaban J connectivity index is 1.71. The summed E-state index contributed by atoms with van der Waals surface area (Å²) in [5.41, 5.74) is 2.55. The smallest absolute Gasteiger partial charge is 0.320 e. The fraction of sp³-hybridized carbons (Fsp3) is 0.500. The fourth-order valence-corrected chi connectivity index (χ4v) is 3.19. The van der Waals surface area contributed by atoms with E-state index < -0.39 is 0 Å². The third-order valence-corrected chi connectivity index (χ3v) is 4.28. The van der Waals surface area contributed by atoms with Gasteiger partial charge in [-0.15, -0.1) is 0 Å². The molecule has 1 aromatic carbocycles. The van der Waals surface area contributed by atoms with Gasteiger partial charge in [-0.2, -0.15) is 0 Å². The van der Waals surface area contributed by atoms with E-state index in [0.717, 1.165) is 43.5 Å². The molecule has 18 heavy (non-hydrogen) atoms. The van der Waals surface area contributed by atoms with Crippen LogP contribution in [-0.2, 0) is 13.1 Å². The molecule has 0 aliphatic carbocycles. The molecule has 2 amide bonds. The van der Waals surface area contributed by atoms with Crippen molar-refractivity contribution in [2.24, 2.45) is 0 Å². The molecule has 0 radical (unpaired) electrons. The number of hydrogen-bond donors (Lipinski definition) is 0. The Morgan fingerprint density at radius 3 is 2.50 bits per heavy atom. The van der Waals surface area contributed by atoms with E-state index >= 15 is 0 Å². The van der Waals surface area contributed by atoms with Crippen molar-refractivity contribution < 1.29 is 4.79 Å². The van der Waals surface area contributed by atoms with Gasteiger partial charge in [0.2, 0.25) is 0 Å². The molecule has 0 unspecified atom stereocenters. The van der Waals surface area contributed by atoms with Gasteiger partial charge in [0.1, 0.15) is 0 Å². The second-order valence-corrected chi connectivity index (χ2v) is 6.02. The average Bonchev–Trinajstić information content (AvgIpc) is 2.81. The Hall–Kier alpha value is -1.03. The number of rotatable bonds is 0. The number of carbonyl (C=O) groups excluding carboxylic acids is 1. The molecule has 2 aliphatic rings. The van der Waals surface area contributed by atoms with E-state index in [2.05, 4.69) is 28.1 Å². The Kier molecular flexibility index (Phi) is 3.29. The highest BCUT2D eigenvalue weighted by Crippen LogP contribution is 2.27. The molecule has 1 aromatic rings. The number of benzene rings is 1. The van der Waals surface area contributed by atoms with Gasteiger partial charge < -0.3 is 9.80 Å². The first-order chi connectivity index (χ1) is 8.74. The summed E-state index contributed by atoms with van der Waals surface area (Å²) in [6.07, 6.45) is 3.56. The fourth-order valence-electron chi connectivity index (χ4n) is 2.78. The molecular weight excluding hydrogens is 292 g/mol. The summed E-state index contributed by atoms with van der Waals surface area (Å²) in [6, 6.07) is 6.50. The number of urea groups is 1. The van der Waals surface area contributed by atoms with Crippen LogP contribution >= 0.6 is 15.9 Å². The number of hydrogen-bond acceptors (Lipinski definition) is 1. The third-order valence-electron chi connectivity index (χ3n) is 3.79. The van der Waals surface area contributed by atoms with Crippen molar-refractivity contribution in [1.82, 2.24) is 9.80 Å². The summed E-state index contributed by atoms with van der Waals surface area (Å²) in [5.74, 6) is 0. The molecule has 1 saturated heterocycles. The van der Waals surface area contributed by atoms with Crippen LogP contribution in [0.5, 0.6) is 0 Å². The van der Waals surface area contributed by atoms with E-state index in [-0.39, 0.29) is 6.03 Å². The monoisotopic (exact) mass is 308 g/mol. The zero-order valence-corrected chi connectivity index (χ0v) is 11.9. The standard InChI is InChI=1S/C14H17BrN2O/c15-13-5-4-11-9-17(10-12(11)8-13)14(18)16-6-2-1-3-7-16/h4-5,8H,1-3,6-7,9-10H2. The molecule has 0 saturated carbocycles. The van der Waals surface area contributed by atoms with E-state index in [1.165, 1.54) is 17.5 Å². The molecule has 1 fully saturated rings. The van der Waals surface area contributed by atoms with Crippen LogP contribution in [0.25, 0.3) is 0 Å². The van der Waals surface area contributed by atoms with Gasteiger partial charge in [0.05, 0.1) is 0 Å². The molecule has 96 valence electrons. The molecule has 0 atom stereocenters. The van der Waals surface area contributed by atoms with E-state index in [1.807, 2.05) is 15.9 Å². The van der Waals surface area contributed by atoms with Crippen molar-refractivity contribution >= 4 is 22.0 Å². The molecule has 2 aliphatic heterocycles. The van der Waals surface area contributed by atoms with Crippen LogP contribution in [0.2, 0.25) is 0 Å². The van der Waals surface area contributed by atoms with Gasteiger partial charge in [0.25, 0.3) is 0 Å². The second-order valence-electron chi connectivity index (χ2n) is 5.10. The Morgan fingerprint density at radius 1 is 1.00 bits per heavy atom. The summed E-state index contributed by atoms with van der Waals surface area (Å²) in [4.78, 5) is 16.4. The second kappa shape index (κ2) is 4.92. The van der Waals surface area contributed by atoms with Crippen LogP contribution in [0.4, 0.5) is 4.79 Å². The maximum atomic E-state index is 12.4. The lowest BCUT2D eigenvalue weighted by Gasteiger charge is -2.30. The van der Waals surface area contributed by atoms with Crippen LogP contribution in [-0.4, -0.2) is 28.9 Å². The minimum Gasteiger partial charge on any atom is -0.325 e. The van der Waals surface area contributed by atoms with E-state index in [9.17, 15) is 4.79 Å². The minimum absolute atomic E-state index is 0.210. The SMILES string of the molecule is O=C(N1CCCCC1)N1Cc2ccc(Br)cc2C1. The number of amides is 2. The lowest BCUT2D eigenvalue weighted by molar-refractivity contribution is 0.143. The topological polar surface area (TPSA) is 23.6 Å². The summed E-state index contributed by atoms with van der Waals surface area (Å²) < 4.78 is 1.09. The number of fused-ring (bicyclic) bond motifs is 1. The molecule has 0 spiro atoms. The maximum Gasteiger partial charge on any atom is 0.320 e. The largest absolute Gasteiger partial charge is 0.325 e. The first-order valence-electron chi connectivity index (χ1n) is 6.55. The van der Waals surface area contributed by atoms with E-state index in [1.54, 1.807) is 0 Å². The van der Waals surface area contributed by atoms with Crippen molar-refractivity contribution in [2.45, 2.75) is 32.4 Å². The molecule has 0 aromatic heterocycles. The molecule has 3 nitrogen and oxygen atoms in total. The average molecular weight is 309 g/mol. The van der Waals surface area contributed by atoms with Gasteiger partial charge in [0, 0.05) is 30.7 Å². The predicted octanol–water partition coefficient (Wildman–Crippen LogP) is 3.37. The van der Waals surface area contributed by atoms with Gasteiger partial charge in [-0.3, -0.25) is 0 Å². The number of halogens is 1. The predicted molar refractivity (Wildman–Crippen MR) is 74.2 cm³/mol. The van der Waals surface area contributed by atoms with Crippen molar-refractivity contribution in [3.63, 3.8) is 0 Å². The van der Waals surface area contributed by atoms with Crippen molar-refractivity contribution in [1.29, 1.82) is 0 Å². The Labute approximate surface area is 116 Å². The number of carbonyl (C=O) groups is 1. The summed E-state index contributed by atoms with van der Waals surface area (Å²) in [7, 11) is 0. The lowest BCUT2D eigenvalue weighted by Crippen LogP contribution is -2.43. The zero-order valence-electron chi connectivity index (χ0n) is 10.4. The van der Waals surface area contributed by atoms with E-state index in [4.69, 9.17) is 0 Å². The van der Waals surface area contributed by atoms with Gasteiger partial charge in [-0.25, -0.2) is 4.79 Å². The molecule has 3 rings (SSSR count). The number of likely N-dealkylation sites (tertiary alicyclic amines) is 1. The number of piperidine rings is 1. The van der Waals surface area contributed by atoms with Crippen molar-refractivity contribution in [3.05, 3.63) is 33.8 Å². The van der Waals surface area contributed by atoms with Crippen molar-refractivity contribution in [2.75, 3.05) is 13.1 Å². The van der Waals surface area contributed by atoms with Crippen molar-refractivity contribution in [3.8, 4) is 0 Å². The molecule has 0 N–H and O–H groups in total. The number of nitrogens with zero attached hydrogens (tertiary/aromatic N) is 2. The van der Waals surface area contributed by atoms with Crippen LogP contribution < -0.4 is 0 Å². The van der Waals surface area contributed by atoms with Gasteiger partial charge in [-0.1, -0.05) is 22.0 Å². The zero-order chi connectivity index (χ0) is 12.5. The Morgan fingerprint density at radius 2 is 1.72 bits per heavy atom. The van der Waals surface area contributed by atoms with Gasteiger partial charge in [-0.05, 0) is 42.5 Å². The van der Waals surface area contributed by atoms with Crippen LogP contribution in [0.15, 0.2) is 22.7 Å². The molecule has 4 heteroatoms. The first kappa shape index (κ1) is 12.0. The normalized spacial score (nSPS) is 18.9. The van der Waals surface area contributed by atoms with Gasteiger partial charge in [0.15, 0.2) is 0 Å². The van der Waals surface area contributed by atoms with E-state index in [0.29, 0.717) is 0 Å². The summed E-state index contributed by atoms with van der Waals surface area (Å²) >= 11 is 3.48. The highest BCUT2D eigenvalue weighted by atomic mass is 79.9. The first-order valence-corrected chi connectivity index (χ1v) is 7.34. The molecule has 0 bridgehead atoms. The Bertz CT molecular complexity index is 469.